The lowest BCUT2D eigenvalue weighted by Gasteiger charge is -2.18. The van der Waals surface area contributed by atoms with Crippen LogP contribution in [0.25, 0.3) is 10.2 Å². The van der Waals surface area contributed by atoms with Crippen molar-refractivity contribution >= 4 is 67.4 Å². The van der Waals surface area contributed by atoms with Crippen LogP contribution in [-0.4, -0.2) is 40.5 Å². The number of aromatic nitrogens is 1. The van der Waals surface area contributed by atoms with Crippen LogP contribution >= 0.6 is 34.4 Å². The maximum Gasteiger partial charge on any atom is 0.341 e. The SMILES string of the molecule is CCOC(=O)c1c(NC(=O)CSCC(=O)N=c2sc3cc(C)ccc3n2CC)sc2c1CCC(C)C2. The molecule has 10 heteroatoms. The van der Waals surface area contributed by atoms with Crippen molar-refractivity contribution in [1.29, 1.82) is 0 Å². The summed E-state index contributed by atoms with van der Waals surface area (Å²) in [4.78, 5) is 44.0. The fraction of sp³-hybridized carbons (Fsp3) is 0.462. The second-order valence-electron chi connectivity index (χ2n) is 8.92. The number of amides is 2. The third kappa shape index (κ3) is 5.92. The van der Waals surface area contributed by atoms with Gasteiger partial charge in [0.25, 0.3) is 5.91 Å². The Morgan fingerprint density at radius 3 is 2.78 bits per heavy atom. The zero-order valence-electron chi connectivity index (χ0n) is 21.0. The third-order valence-corrected chi connectivity index (χ3v) is 9.21. The van der Waals surface area contributed by atoms with E-state index >= 15 is 0 Å². The Hall–Kier alpha value is -2.43. The number of hydrogen-bond acceptors (Lipinski definition) is 7. The van der Waals surface area contributed by atoms with Crippen molar-refractivity contribution in [3.05, 3.63) is 44.6 Å². The Balaban J connectivity index is 1.41. The van der Waals surface area contributed by atoms with Crippen LogP contribution < -0.4 is 10.1 Å². The molecule has 1 aliphatic rings. The summed E-state index contributed by atoms with van der Waals surface area (Å²) < 4.78 is 8.40. The van der Waals surface area contributed by atoms with Crippen molar-refractivity contribution < 1.29 is 19.1 Å². The van der Waals surface area contributed by atoms with E-state index in [1.807, 2.05) is 18.4 Å². The van der Waals surface area contributed by atoms with Crippen molar-refractivity contribution in [2.24, 2.45) is 10.9 Å². The van der Waals surface area contributed by atoms with Gasteiger partial charge in [-0.15, -0.1) is 23.1 Å². The van der Waals surface area contributed by atoms with E-state index in [1.165, 1.54) is 40.0 Å². The van der Waals surface area contributed by atoms with E-state index in [-0.39, 0.29) is 35.9 Å². The second kappa shape index (κ2) is 11.7. The van der Waals surface area contributed by atoms with Crippen LogP contribution in [0.1, 0.15) is 53.6 Å². The van der Waals surface area contributed by atoms with E-state index in [9.17, 15) is 14.4 Å². The molecule has 2 heterocycles. The molecule has 0 fully saturated rings. The number of fused-ring (bicyclic) bond motifs is 2. The van der Waals surface area contributed by atoms with E-state index in [1.54, 1.807) is 6.92 Å². The predicted octanol–water partition coefficient (Wildman–Crippen LogP) is 5.19. The predicted molar refractivity (Wildman–Crippen MR) is 148 cm³/mol. The van der Waals surface area contributed by atoms with Crippen LogP contribution in [0.4, 0.5) is 5.00 Å². The topological polar surface area (TPSA) is 89.8 Å². The number of ether oxygens (including phenoxy) is 1. The zero-order chi connectivity index (χ0) is 25.8. The summed E-state index contributed by atoms with van der Waals surface area (Å²) in [6.45, 7) is 9.05. The number of carbonyl (C=O) groups is 3. The average molecular weight is 546 g/mol. The number of carbonyl (C=O) groups excluding carboxylic acids is 3. The lowest BCUT2D eigenvalue weighted by Crippen LogP contribution is -2.19. The largest absolute Gasteiger partial charge is 0.462 e. The van der Waals surface area contributed by atoms with Crippen molar-refractivity contribution in [3.8, 4) is 0 Å². The molecular weight excluding hydrogens is 515 g/mol. The van der Waals surface area contributed by atoms with Crippen molar-refractivity contribution in [3.63, 3.8) is 0 Å². The minimum atomic E-state index is -0.385. The minimum absolute atomic E-state index is 0.0991. The van der Waals surface area contributed by atoms with Crippen molar-refractivity contribution in [2.45, 2.75) is 53.5 Å². The first-order chi connectivity index (χ1) is 17.3. The van der Waals surface area contributed by atoms with Gasteiger partial charge in [0, 0.05) is 11.4 Å². The lowest BCUT2D eigenvalue weighted by molar-refractivity contribution is -0.115. The summed E-state index contributed by atoms with van der Waals surface area (Å²) in [5, 5.41) is 3.45. The molecule has 4 rings (SSSR count). The Morgan fingerprint density at radius 2 is 2.03 bits per heavy atom. The van der Waals surface area contributed by atoms with E-state index in [0.717, 1.165) is 46.5 Å². The molecule has 1 atom stereocenters. The molecule has 0 aliphatic heterocycles. The van der Waals surface area contributed by atoms with Gasteiger partial charge in [0.15, 0.2) is 4.80 Å². The molecular formula is C26H31N3O4S3. The maximum absolute atomic E-state index is 12.7. The quantitative estimate of drug-likeness (QED) is 0.393. The first kappa shape index (κ1) is 26.6. The standard InChI is InChI=1S/C26H31N3O4S3/c1-5-29-18-10-8-16(4)12-20(18)36-26(29)28-22(31)14-34-13-21(30)27-24-23(25(32)33-6-2)17-9-7-15(3)11-19(17)35-24/h8,10,12,15H,5-7,9,11,13-14H2,1-4H3,(H,27,30). The van der Waals surface area contributed by atoms with Crippen LogP contribution in [0.3, 0.4) is 0 Å². The van der Waals surface area contributed by atoms with Gasteiger partial charge in [-0.1, -0.05) is 24.3 Å². The average Bonchev–Trinajstić information content (AvgIpc) is 3.34. The summed E-state index contributed by atoms with van der Waals surface area (Å²) in [7, 11) is 0. The van der Waals surface area contributed by atoms with Gasteiger partial charge < -0.3 is 14.6 Å². The number of nitrogens with one attached hydrogen (secondary N) is 1. The highest BCUT2D eigenvalue weighted by atomic mass is 32.2. The zero-order valence-corrected chi connectivity index (χ0v) is 23.5. The summed E-state index contributed by atoms with van der Waals surface area (Å²) in [6.07, 6.45) is 2.74. The number of thiophene rings is 1. The molecule has 0 spiro atoms. The van der Waals surface area contributed by atoms with E-state index < -0.39 is 0 Å². The molecule has 3 aromatic rings. The molecule has 1 unspecified atom stereocenters. The van der Waals surface area contributed by atoms with Gasteiger partial charge >= 0.3 is 5.97 Å². The monoisotopic (exact) mass is 545 g/mol. The van der Waals surface area contributed by atoms with Crippen LogP contribution in [0, 0.1) is 12.8 Å². The van der Waals surface area contributed by atoms with Gasteiger partial charge in [-0.2, -0.15) is 4.99 Å². The van der Waals surface area contributed by atoms with Crippen molar-refractivity contribution in [2.75, 3.05) is 23.4 Å². The van der Waals surface area contributed by atoms with Crippen LogP contribution in [0.2, 0.25) is 0 Å². The second-order valence-corrected chi connectivity index (χ2v) is 12.0. The highest BCUT2D eigenvalue weighted by Gasteiger charge is 2.29. The van der Waals surface area contributed by atoms with Crippen molar-refractivity contribution in [1.82, 2.24) is 4.57 Å². The Morgan fingerprint density at radius 1 is 1.22 bits per heavy atom. The Kier molecular flexibility index (Phi) is 8.69. The Bertz CT molecular complexity index is 1370. The minimum Gasteiger partial charge on any atom is -0.462 e. The number of esters is 1. The molecule has 1 aromatic carbocycles. The molecule has 0 saturated carbocycles. The van der Waals surface area contributed by atoms with Gasteiger partial charge in [0.05, 0.1) is 33.9 Å². The fourth-order valence-corrected chi connectivity index (χ4v) is 7.59. The van der Waals surface area contributed by atoms with Gasteiger partial charge in [0.2, 0.25) is 5.91 Å². The van der Waals surface area contributed by atoms with Crippen LogP contribution in [-0.2, 0) is 33.7 Å². The molecule has 0 radical (unpaired) electrons. The lowest BCUT2D eigenvalue weighted by atomic mass is 9.88. The fourth-order valence-electron chi connectivity index (χ4n) is 4.36. The molecule has 1 N–H and O–H groups in total. The van der Waals surface area contributed by atoms with E-state index in [0.29, 0.717) is 21.3 Å². The van der Waals surface area contributed by atoms with E-state index in [4.69, 9.17) is 4.74 Å². The molecule has 192 valence electrons. The Labute approximate surface area is 223 Å². The highest BCUT2D eigenvalue weighted by Crippen LogP contribution is 2.40. The molecule has 0 saturated heterocycles. The number of rotatable bonds is 8. The summed E-state index contributed by atoms with van der Waals surface area (Å²) >= 11 is 4.19. The van der Waals surface area contributed by atoms with Gasteiger partial charge in [-0.05, 0) is 69.2 Å². The number of anilines is 1. The first-order valence-corrected chi connectivity index (χ1v) is 15.0. The number of nitrogens with zero attached hydrogens (tertiary/aromatic N) is 2. The molecule has 2 amide bonds. The van der Waals surface area contributed by atoms with Gasteiger partial charge in [-0.25, -0.2) is 4.79 Å². The van der Waals surface area contributed by atoms with Crippen LogP contribution in [0.5, 0.6) is 0 Å². The van der Waals surface area contributed by atoms with Gasteiger partial charge in [0.1, 0.15) is 5.00 Å². The smallest absolute Gasteiger partial charge is 0.341 e. The van der Waals surface area contributed by atoms with Crippen LogP contribution in [0.15, 0.2) is 23.2 Å². The molecule has 7 nitrogen and oxygen atoms in total. The third-order valence-electron chi connectivity index (χ3n) is 6.08. The summed E-state index contributed by atoms with van der Waals surface area (Å²) in [5.41, 5.74) is 3.74. The normalized spacial score (nSPS) is 15.7. The number of hydrogen-bond donors (Lipinski definition) is 1. The molecule has 0 bridgehead atoms. The van der Waals surface area contributed by atoms with Gasteiger partial charge in [-0.3, -0.25) is 9.59 Å². The summed E-state index contributed by atoms with van der Waals surface area (Å²) in [6, 6.07) is 6.21. The summed E-state index contributed by atoms with van der Waals surface area (Å²) in [5.74, 6) is -0.146. The number of thiazole rings is 1. The number of thioether (sulfide) groups is 1. The molecule has 2 aromatic heterocycles. The van der Waals surface area contributed by atoms with E-state index in [2.05, 4.69) is 35.4 Å². The highest BCUT2D eigenvalue weighted by molar-refractivity contribution is 8.00. The molecule has 36 heavy (non-hydrogen) atoms. The molecule has 1 aliphatic carbocycles. The number of aryl methyl sites for hydroxylation is 2. The maximum atomic E-state index is 12.7. The number of benzene rings is 1. The first-order valence-electron chi connectivity index (χ1n) is 12.2.